The number of halogens is 1. The number of hydrogen-bond donors (Lipinski definition) is 1. The molecule has 3 rings (SSSR count). The summed E-state index contributed by atoms with van der Waals surface area (Å²) in [6.45, 7) is 2.16. The fourth-order valence-electron chi connectivity index (χ4n) is 2.43. The smallest absolute Gasteiger partial charge is 0.253 e. The van der Waals surface area contributed by atoms with Crippen LogP contribution in [-0.2, 0) is 6.54 Å². The van der Waals surface area contributed by atoms with Gasteiger partial charge in [0, 0.05) is 36.2 Å². The molecule has 110 valence electrons. The maximum absolute atomic E-state index is 11.8. The second-order valence-electron chi connectivity index (χ2n) is 4.96. The molecule has 1 fully saturated rings. The van der Waals surface area contributed by atoms with Crippen molar-refractivity contribution < 1.29 is 0 Å². The van der Waals surface area contributed by atoms with E-state index in [9.17, 15) is 9.59 Å². The monoisotopic (exact) mass is 322 g/mol. The molecule has 0 amide bonds. The topological polar surface area (TPSA) is 49.4 Å². The van der Waals surface area contributed by atoms with Gasteiger partial charge in [0.05, 0.1) is 0 Å². The Kier molecular flexibility index (Phi) is 4.22. The van der Waals surface area contributed by atoms with Gasteiger partial charge < -0.3 is 10.2 Å². The molecule has 1 saturated heterocycles. The average molecular weight is 323 g/mol. The Morgan fingerprint density at radius 1 is 1.10 bits per heavy atom. The molecular formula is C15H15ClN2O2S. The third-order valence-electron chi connectivity index (χ3n) is 3.60. The number of nitrogens with zero attached hydrogens (tertiary/aromatic N) is 1. The van der Waals surface area contributed by atoms with Crippen LogP contribution in [0.3, 0.4) is 0 Å². The minimum absolute atomic E-state index is 0.361. The summed E-state index contributed by atoms with van der Waals surface area (Å²) in [6.07, 6.45) is 0. The molecule has 0 unspecified atom stereocenters. The summed E-state index contributed by atoms with van der Waals surface area (Å²) in [5.41, 5.74) is 1.28. The normalized spacial score (nSPS) is 15.4. The van der Waals surface area contributed by atoms with Crippen molar-refractivity contribution in [3.63, 3.8) is 0 Å². The maximum atomic E-state index is 11.8. The molecule has 0 atom stereocenters. The van der Waals surface area contributed by atoms with Gasteiger partial charge in [0.1, 0.15) is 11.4 Å². The van der Waals surface area contributed by atoms with Crippen LogP contribution in [0.15, 0.2) is 33.9 Å². The van der Waals surface area contributed by atoms with Gasteiger partial charge in [0.25, 0.3) is 10.9 Å². The SMILES string of the molecule is O=c1c(NCc2ccc(Cl)cc2)c(N2CCSCC2)c1=O. The van der Waals surface area contributed by atoms with Crippen LogP contribution in [0.2, 0.25) is 5.02 Å². The minimum atomic E-state index is -0.405. The lowest BCUT2D eigenvalue weighted by molar-refractivity contribution is 0.847. The third kappa shape index (κ3) is 2.94. The average Bonchev–Trinajstić information content (AvgIpc) is 2.53. The van der Waals surface area contributed by atoms with Gasteiger partial charge in [-0.2, -0.15) is 11.8 Å². The predicted molar refractivity (Wildman–Crippen MR) is 89.7 cm³/mol. The van der Waals surface area contributed by atoms with E-state index in [4.69, 9.17) is 11.6 Å². The zero-order chi connectivity index (χ0) is 14.8. The molecule has 1 heterocycles. The van der Waals surface area contributed by atoms with Crippen molar-refractivity contribution in [1.29, 1.82) is 0 Å². The number of anilines is 2. The van der Waals surface area contributed by atoms with Crippen molar-refractivity contribution in [3.8, 4) is 0 Å². The fourth-order valence-corrected chi connectivity index (χ4v) is 3.45. The van der Waals surface area contributed by atoms with Crippen LogP contribution in [0.25, 0.3) is 0 Å². The summed E-state index contributed by atoms with van der Waals surface area (Å²) >= 11 is 7.71. The summed E-state index contributed by atoms with van der Waals surface area (Å²) < 4.78 is 0. The van der Waals surface area contributed by atoms with Gasteiger partial charge in [-0.15, -0.1) is 0 Å². The van der Waals surface area contributed by atoms with E-state index in [1.54, 1.807) is 0 Å². The summed E-state index contributed by atoms with van der Waals surface area (Å²) in [4.78, 5) is 25.6. The molecule has 0 bridgehead atoms. The van der Waals surface area contributed by atoms with Gasteiger partial charge in [0.2, 0.25) is 0 Å². The molecule has 0 spiro atoms. The van der Waals surface area contributed by atoms with Gasteiger partial charge in [0.15, 0.2) is 0 Å². The second kappa shape index (κ2) is 6.12. The molecule has 2 aromatic rings. The summed E-state index contributed by atoms with van der Waals surface area (Å²) in [5.74, 6) is 1.99. The van der Waals surface area contributed by atoms with E-state index in [1.807, 2.05) is 40.9 Å². The first-order valence-corrected chi connectivity index (χ1v) is 8.34. The van der Waals surface area contributed by atoms with E-state index < -0.39 is 5.43 Å². The van der Waals surface area contributed by atoms with Crippen molar-refractivity contribution in [2.45, 2.75) is 6.54 Å². The molecule has 1 aliphatic heterocycles. The lowest BCUT2D eigenvalue weighted by atomic mass is 10.1. The number of nitrogens with one attached hydrogen (secondary N) is 1. The van der Waals surface area contributed by atoms with Crippen LogP contribution < -0.4 is 21.1 Å². The molecule has 0 aliphatic carbocycles. The summed E-state index contributed by atoms with van der Waals surface area (Å²) in [5, 5.41) is 3.78. The highest BCUT2D eigenvalue weighted by molar-refractivity contribution is 7.99. The number of rotatable bonds is 4. The molecule has 1 N–H and O–H groups in total. The van der Waals surface area contributed by atoms with E-state index >= 15 is 0 Å². The van der Waals surface area contributed by atoms with Gasteiger partial charge in [-0.3, -0.25) is 9.59 Å². The molecule has 6 heteroatoms. The molecule has 4 nitrogen and oxygen atoms in total. The van der Waals surface area contributed by atoms with Crippen LogP contribution in [0.4, 0.5) is 11.4 Å². The summed E-state index contributed by atoms with van der Waals surface area (Å²) in [7, 11) is 0. The number of hydrogen-bond acceptors (Lipinski definition) is 5. The van der Waals surface area contributed by atoms with Crippen LogP contribution in [0.5, 0.6) is 0 Å². The largest absolute Gasteiger partial charge is 0.376 e. The summed E-state index contributed by atoms with van der Waals surface area (Å²) in [6, 6.07) is 7.42. The van der Waals surface area contributed by atoms with Gasteiger partial charge in [-0.1, -0.05) is 23.7 Å². The zero-order valence-electron chi connectivity index (χ0n) is 11.4. The van der Waals surface area contributed by atoms with Crippen LogP contribution >= 0.6 is 23.4 Å². The molecular weight excluding hydrogens is 308 g/mol. The molecule has 0 aromatic heterocycles. The molecule has 2 aromatic carbocycles. The predicted octanol–water partition coefficient (Wildman–Crippen LogP) is 2.10. The van der Waals surface area contributed by atoms with Crippen LogP contribution in [-0.4, -0.2) is 24.6 Å². The van der Waals surface area contributed by atoms with Crippen LogP contribution in [0, 0.1) is 0 Å². The zero-order valence-corrected chi connectivity index (χ0v) is 13.0. The Labute approximate surface area is 131 Å². The van der Waals surface area contributed by atoms with Gasteiger partial charge >= 0.3 is 0 Å². The molecule has 0 radical (unpaired) electrons. The molecule has 21 heavy (non-hydrogen) atoms. The highest BCUT2D eigenvalue weighted by Crippen LogP contribution is 2.24. The first-order valence-electron chi connectivity index (χ1n) is 6.81. The van der Waals surface area contributed by atoms with Crippen molar-refractivity contribution in [2.75, 3.05) is 34.8 Å². The Balaban J connectivity index is 1.73. The fraction of sp³-hybridized carbons (Fsp3) is 0.333. The maximum Gasteiger partial charge on any atom is 0.253 e. The quantitative estimate of drug-likeness (QED) is 0.874. The van der Waals surface area contributed by atoms with Gasteiger partial charge in [-0.25, -0.2) is 0 Å². The van der Waals surface area contributed by atoms with E-state index in [-0.39, 0.29) is 5.43 Å². The first-order chi connectivity index (χ1) is 10.2. The molecule has 1 aliphatic rings. The molecule has 0 saturated carbocycles. The minimum Gasteiger partial charge on any atom is -0.376 e. The van der Waals surface area contributed by atoms with Crippen molar-refractivity contribution in [2.24, 2.45) is 0 Å². The van der Waals surface area contributed by atoms with Crippen molar-refractivity contribution in [3.05, 3.63) is 55.3 Å². The van der Waals surface area contributed by atoms with E-state index in [1.165, 1.54) is 0 Å². The Morgan fingerprint density at radius 3 is 2.43 bits per heavy atom. The Hall–Kier alpha value is -1.46. The van der Waals surface area contributed by atoms with Gasteiger partial charge in [-0.05, 0) is 17.7 Å². The highest BCUT2D eigenvalue weighted by Gasteiger charge is 2.26. The lowest BCUT2D eigenvalue weighted by Gasteiger charge is -2.30. The Morgan fingerprint density at radius 2 is 1.76 bits per heavy atom. The first kappa shape index (κ1) is 14.5. The second-order valence-corrected chi connectivity index (χ2v) is 6.62. The number of benzene rings is 1. The lowest BCUT2D eigenvalue weighted by Crippen LogP contribution is -2.45. The number of thioether (sulfide) groups is 1. The van der Waals surface area contributed by atoms with Crippen molar-refractivity contribution in [1.82, 2.24) is 0 Å². The van der Waals surface area contributed by atoms with E-state index in [0.29, 0.717) is 22.9 Å². The Bertz CT molecular complexity index is 701. The van der Waals surface area contributed by atoms with Crippen LogP contribution in [0.1, 0.15) is 5.56 Å². The van der Waals surface area contributed by atoms with E-state index in [2.05, 4.69) is 5.32 Å². The third-order valence-corrected chi connectivity index (χ3v) is 4.79. The highest BCUT2D eigenvalue weighted by atomic mass is 35.5. The van der Waals surface area contributed by atoms with E-state index in [0.717, 1.165) is 30.2 Å². The van der Waals surface area contributed by atoms with Crippen molar-refractivity contribution >= 4 is 34.7 Å². The standard InChI is InChI=1S/C15H15ClN2O2S/c16-11-3-1-10(2-4-11)9-17-12-13(15(20)14(12)19)18-5-7-21-8-6-18/h1-4,17H,5-9H2.